The first-order valence-electron chi connectivity index (χ1n) is 10.0. The first-order valence-corrected chi connectivity index (χ1v) is 11.9. The van der Waals surface area contributed by atoms with Gasteiger partial charge in [-0.25, -0.2) is 18.2 Å². The van der Waals surface area contributed by atoms with Crippen molar-refractivity contribution in [3.05, 3.63) is 76.1 Å². The molecule has 1 aliphatic heterocycles. The van der Waals surface area contributed by atoms with Crippen molar-refractivity contribution in [3.8, 4) is 5.69 Å². The molecule has 2 N–H and O–H groups in total. The lowest BCUT2D eigenvalue weighted by Crippen LogP contribution is -2.43. The highest BCUT2D eigenvalue weighted by Crippen LogP contribution is 2.32. The van der Waals surface area contributed by atoms with E-state index < -0.39 is 10.0 Å². The van der Waals surface area contributed by atoms with E-state index in [0.29, 0.717) is 19.8 Å². The van der Waals surface area contributed by atoms with Crippen molar-refractivity contribution in [3.63, 3.8) is 0 Å². The molecule has 1 atom stereocenters. The number of hydrogen-bond donors (Lipinski definition) is 1. The molecule has 2 aromatic carbocycles. The van der Waals surface area contributed by atoms with E-state index in [1.54, 1.807) is 4.90 Å². The van der Waals surface area contributed by atoms with Crippen LogP contribution < -0.4 is 5.14 Å². The van der Waals surface area contributed by atoms with E-state index in [2.05, 4.69) is 5.10 Å². The topological polar surface area (TPSA) is 108 Å². The molecule has 0 aliphatic carbocycles. The van der Waals surface area contributed by atoms with Crippen molar-refractivity contribution in [2.24, 2.45) is 5.14 Å². The molecule has 1 aliphatic rings. The van der Waals surface area contributed by atoms with Crippen LogP contribution in [-0.4, -0.2) is 48.8 Å². The van der Waals surface area contributed by atoms with Crippen molar-refractivity contribution in [1.82, 2.24) is 14.7 Å². The molecule has 10 heteroatoms. The van der Waals surface area contributed by atoms with Gasteiger partial charge in [0.15, 0.2) is 0 Å². The molecule has 0 radical (unpaired) electrons. The van der Waals surface area contributed by atoms with Gasteiger partial charge in [0.25, 0.3) is 5.91 Å². The van der Waals surface area contributed by atoms with Gasteiger partial charge in [-0.05, 0) is 44.2 Å². The number of ether oxygens (including phenoxy) is 1. The Hall–Kier alpha value is -2.72. The molecule has 0 bridgehead atoms. The maximum absolute atomic E-state index is 13.4. The van der Waals surface area contributed by atoms with Crippen LogP contribution >= 0.6 is 11.6 Å². The number of rotatable bonds is 4. The smallest absolute Gasteiger partial charge is 0.254 e. The first kappa shape index (κ1) is 22.5. The Morgan fingerprint density at radius 1 is 1.19 bits per heavy atom. The Morgan fingerprint density at radius 3 is 2.59 bits per heavy atom. The van der Waals surface area contributed by atoms with Crippen LogP contribution in [0.4, 0.5) is 0 Å². The number of halogens is 1. The number of carbonyl (C=O) groups excluding carboxylic acids is 1. The number of amides is 1. The molecule has 8 nitrogen and oxygen atoms in total. The van der Waals surface area contributed by atoms with Crippen LogP contribution in [0.2, 0.25) is 5.02 Å². The number of carbonyl (C=O) groups is 1. The summed E-state index contributed by atoms with van der Waals surface area (Å²) < 4.78 is 31.3. The third kappa shape index (κ3) is 4.16. The molecule has 1 unspecified atom stereocenters. The summed E-state index contributed by atoms with van der Waals surface area (Å²) >= 11 is 5.98. The van der Waals surface area contributed by atoms with Crippen molar-refractivity contribution in [1.29, 1.82) is 0 Å². The minimum absolute atomic E-state index is 0.0293. The fraction of sp³-hybridized carbons (Fsp3) is 0.273. The third-order valence-electron chi connectivity index (χ3n) is 5.56. The van der Waals surface area contributed by atoms with Crippen LogP contribution in [-0.2, 0) is 14.8 Å². The van der Waals surface area contributed by atoms with Gasteiger partial charge < -0.3 is 9.64 Å². The summed E-state index contributed by atoms with van der Waals surface area (Å²) in [4.78, 5) is 14.8. The highest BCUT2D eigenvalue weighted by molar-refractivity contribution is 7.89. The van der Waals surface area contributed by atoms with E-state index in [1.807, 2.05) is 48.9 Å². The number of morpholine rings is 1. The van der Waals surface area contributed by atoms with Gasteiger partial charge in [0, 0.05) is 23.4 Å². The quantitative estimate of drug-likeness (QED) is 0.625. The zero-order valence-corrected chi connectivity index (χ0v) is 19.2. The molecule has 4 rings (SSSR count). The Morgan fingerprint density at radius 2 is 1.91 bits per heavy atom. The van der Waals surface area contributed by atoms with E-state index >= 15 is 0 Å². The Bertz CT molecular complexity index is 1270. The molecule has 1 saturated heterocycles. The lowest BCUT2D eigenvalue weighted by Gasteiger charge is -2.36. The normalized spacial score (nSPS) is 16.9. The number of aryl methyl sites for hydroxylation is 1. The van der Waals surface area contributed by atoms with E-state index in [4.69, 9.17) is 21.5 Å². The summed E-state index contributed by atoms with van der Waals surface area (Å²) in [5.41, 5.74) is 3.72. The molecule has 1 fully saturated rings. The molecule has 168 valence electrons. The van der Waals surface area contributed by atoms with Crippen LogP contribution in [0.3, 0.4) is 0 Å². The Balaban J connectivity index is 1.74. The average Bonchev–Trinajstić information content (AvgIpc) is 3.07. The summed E-state index contributed by atoms with van der Waals surface area (Å²) in [6.07, 6.45) is 0. The molecular weight excluding hydrogens is 452 g/mol. The molecule has 0 spiro atoms. The van der Waals surface area contributed by atoms with Crippen molar-refractivity contribution in [2.75, 3.05) is 19.8 Å². The second-order valence-electron chi connectivity index (χ2n) is 7.61. The zero-order chi connectivity index (χ0) is 23.0. The number of para-hydroxylation sites is 1. The van der Waals surface area contributed by atoms with Crippen LogP contribution in [0.15, 0.2) is 53.4 Å². The molecular formula is C22H23ClN4O4S. The molecule has 3 aromatic rings. The number of aromatic nitrogens is 2. The van der Waals surface area contributed by atoms with Crippen molar-refractivity contribution in [2.45, 2.75) is 24.8 Å². The molecule has 0 saturated carbocycles. The molecule has 2 heterocycles. The lowest BCUT2D eigenvalue weighted by atomic mass is 10.0. The summed E-state index contributed by atoms with van der Waals surface area (Å²) in [5, 5.41) is 9.91. The summed E-state index contributed by atoms with van der Waals surface area (Å²) in [6, 6.07) is 13.5. The second kappa shape index (κ2) is 8.67. The van der Waals surface area contributed by atoms with Crippen LogP contribution in [0.1, 0.15) is 33.4 Å². The SMILES string of the molecule is Cc1nn(-c2ccccc2)c(C)c1C1COCCN1C(=O)c1ccc(Cl)c(S(N)(=O)=O)c1. The van der Waals surface area contributed by atoms with Crippen LogP contribution in [0.5, 0.6) is 0 Å². The fourth-order valence-corrected chi connectivity index (χ4v) is 5.14. The summed E-state index contributed by atoms with van der Waals surface area (Å²) in [5.74, 6) is -0.328. The Labute approximate surface area is 191 Å². The van der Waals surface area contributed by atoms with Gasteiger partial charge in [0.05, 0.1) is 35.7 Å². The zero-order valence-electron chi connectivity index (χ0n) is 17.7. The molecule has 1 aromatic heterocycles. The largest absolute Gasteiger partial charge is 0.377 e. The van der Waals surface area contributed by atoms with Crippen molar-refractivity contribution < 1.29 is 17.9 Å². The number of benzene rings is 2. The third-order valence-corrected chi connectivity index (χ3v) is 6.95. The van der Waals surface area contributed by atoms with Crippen LogP contribution in [0.25, 0.3) is 5.69 Å². The highest BCUT2D eigenvalue weighted by Gasteiger charge is 2.34. The van der Waals surface area contributed by atoms with Crippen LogP contribution in [0, 0.1) is 13.8 Å². The second-order valence-corrected chi connectivity index (χ2v) is 9.55. The van der Waals surface area contributed by atoms with E-state index in [9.17, 15) is 13.2 Å². The maximum atomic E-state index is 13.4. The molecule has 1 amide bonds. The number of sulfonamides is 1. The van der Waals surface area contributed by atoms with Gasteiger partial charge in [-0.1, -0.05) is 29.8 Å². The number of nitrogens with two attached hydrogens (primary N) is 1. The average molecular weight is 475 g/mol. The predicted octanol–water partition coefficient (Wildman–Crippen LogP) is 3.00. The number of hydrogen-bond acceptors (Lipinski definition) is 5. The Kier molecular flexibility index (Phi) is 6.09. The first-order chi connectivity index (χ1) is 15.2. The predicted molar refractivity (Wildman–Crippen MR) is 120 cm³/mol. The minimum Gasteiger partial charge on any atom is -0.377 e. The van der Waals surface area contributed by atoms with E-state index in [-0.39, 0.29) is 27.4 Å². The summed E-state index contributed by atoms with van der Waals surface area (Å²) in [7, 11) is -4.07. The van der Waals surface area contributed by atoms with Gasteiger partial charge >= 0.3 is 0 Å². The van der Waals surface area contributed by atoms with Gasteiger partial charge in [-0.2, -0.15) is 5.10 Å². The molecule has 32 heavy (non-hydrogen) atoms. The van der Waals surface area contributed by atoms with Gasteiger partial charge in [0.2, 0.25) is 10.0 Å². The monoisotopic (exact) mass is 474 g/mol. The summed E-state index contributed by atoms with van der Waals surface area (Å²) in [6.45, 7) is 4.90. The van der Waals surface area contributed by atoms with E-state index in [1.165, 1.54) is 18.2 Å². The number of primary sulfonamides is 1. The van der Waals surface area contributed by atoms with Gasteiger partial charge in [0.1, 0.15) is 4.90 Å². The van der Waals surface area contributed by atoms with Gasteiger partial charge in [-0.3, -0.25) is 4.79 Å². The highest BCUT2D eigenvalue weighted by atomic mass is 35.5. The lowest BCUT2D eigenvalue weighted by molar-refractivity contribution is -0.00304. The van der Waals surface area contributed by atoms with Gasteiger partial charge in [-0.15, -0.1) is 0 Å². The fourth-order valence-electron chi connectivity index (χ4n) is 4.06. The van der Waals surface area contributed by atoms with E-state index in [0.717, 1.165) is 22.6 Å². The number of nitrogens with zero attached hydrogens (tertiary/aromatic N) is 3. The minimum atomic E-state index is -4.07. The standard InChI is InChI=1S/C22H23ClN4O4S/c1-14-21(15(2)27(25-14)17-6-4-3-5-7-17)19-13-31-11-10-26(19)22(28)16-8-9-18(23)20(12-16)32(24,29)30/h3-9,12,19H,10-11,13H2,1-2H3,(H2,24,29,30). The van der Waals surface area contributed by atoms with Crippen molar-refractivity contribution >= 4 is 27.5 Å². The maximum Gasteiger partial charge on any atom is 0.254 e.